The molecule has 0 saturated heterocycles. The van der Waals surface area contributed by atoms with Gasteiger partial charge in [0.15, 0.2) is 0 Å². The molecule has 0 heterocycles. The molecule has 12 heavy (non-hydrogen) atoms. The van der Waals surface area contributed by atoms with Crippen LogP contribution in [0.5, 0.6) is 0 Å². The van der Waals surface area contributed by atoms with Crippen molar-refractivity contribution in [3.63, 3.8) is 0 Å². The average molecular weight is 172 g/mol. The summed E-state index contributed by atoms with van der Waals surface area (Å²) in [5.41, 5.74) is 0. The number of allylic oxidation sites excluding steroid dienone is 1. The fraction of sp³-hybridized carbons (Fsp3) is 0.800. The Morgan fingerprint density at radius 1 is 0.917 bits per heavy atom. The Hall–Kier alpha value is -0.340. The summed E-state index contributed by atoms with van der Waals surface area (Å²) in [6.07, 6.45) is 6.44. The molecule has 0 radical (unpaired) electrons. The van der Waals surface area contributed by atoms with Crippen molar-refractivity contribution in [2.45, 2.75) is 26.7 Å². The molecule has 0 bridgehead atoms. The van der Waals surface area contributed by atoms with Gasteiger partial charge in [-0.05, 0) is 19.8 Å². The zero-order valence-electron chi connectivity index (χ0n) is 8.21. The molecule has 0 aromatic heterocycles. The van der Waals surface area contributed by atoms with Crippen LogP contribution in [0.3, 0.4) is 0 Å². The molecule has 0 fully saturated rings. The zero-order valence-corrected chi connectivity index (χ0v) is 8.21. The van der Waals surface area contributed by atoms with Gasteiger partial charge < -0.3 is 9.47 Å². The highest BCUT2D eigenvalue weighted by Crippen LogP contribution is 1.87. The largest absolute Gasteiger partial charge is 0.379 e. The Labute approximate surface area is 75.6 Å². The standard InChI is InChI=1S/C10H20O2/c1-3-5-6-7-8-12-10-9-11-4-2/h5-6H,3-4,7-10H2,1-2H3/b6-5-. The van der Waals surface area contributed by atoms with E-state index in [4.69, 9.17) is 9.47 Å². The van der Waals surface area contributed by atoms with Gasteiger partial charge in [0.05, 0.1) is 19.8 Å². The molecule has 0 atom stereocenters. The molecule has 0 aromatic carbocycles. The molecule has 72 valence electrons. The summed E-state index contributed by atoms with van der Waals surface area (Å²) >= 11 is 0. The molecule has 0 rings (SSSR count). The highest BCUT2D eigenvalue weighted by Gasteiger charge is 1.85. The van der Waals surface area contributed by atoms with Crippen LogP contribution in [-0.4, -0.2) is 26.4 Å². The quantitative estimate of drug-likeness (QED) is 0.413. The normalized spacial score (nSPS) is 11.2. The maximum Gasteiger partial charge on any atom is 0.0700 e. The molecule has 0 amide bonds. The van der Waals surface area contributed by atoms with Gasteiger partial charge >= 0.3 is 0 Å². The predicted octanol–water partition coefficient (Wildman–Crippen LogP) is 2.40. The molecule has 0 aliphatic carbocycles. The molecule has 0 N–H and O–H groups in total. The molecular weight excluding hydrogens is 152 g/mol. The molecule has 0 aliphatic rings. The second kappa shape index (κ2) is 10.7. The summed E-state index contributed by atoms with van der Waals surface area (Å²) in [4.78, 5) is 0. The fourth-order valence-electron chi connectivity index (χ4n) is 0.800. The van der Waals surface area contributed by atoms with Crippen LogP contribution in [0.25, 0.3) is 0 Å². The third-order valence-electron chi connectivity index (χ3n) is 1.41. The van der Waals surface area contributed by atoms with Crippen LogP contribution in [0.4, 0.5) is 0 Å². The maximum absolute atomic E-state index is 5.31. The SMILES string of the molecule is CC/C=C\CCOCCOCC. The number of ether oxygens (including phenoxy) is 2. The van der Waals surface area contributed by atoms with Crippen molar-refractivity contribution in [3.8, 4) is 0 Å². The summed E-state index contributed by atoms with van der Waals surface area (Å²) in [6, 6.07) is 0. The first-order valence-electron chi connectivity index (χ1n) is 4.72. The van der Waals surface area contributed by atoms with Gasteiger partial charge in [-0.25, -0.2) is 0 Å². The van der Waals surface area contributed by atoms with E-state index in [1.165, 1.54) is 0 Å². The van der Waals surface area contributed by atoms with Crippen molar-refractivity contribution in [2.24, 2.45) is 0 Å². The topological polar surface area (TPSA) is 18.5 Å². The molecule has 0 aromatic rings. The van der Waals surface area contributed by atoms with Gasteiger partial charge in [-0.1, -0.05) is 19.1 Å². The fourth-order valence-corrected chi connectivity index (χ4v) is 0.800. The van der Waals surface area contributed by atoms with E-state index in [-0.39, 0.29) is 0 Å². The van der Waals surface area contributed by atoms with Crippen molar-refractivity contribution in [1.29, 1.82) is 0 Å². The van der Waals surface area contributed by atoms with Gasteiger partial charge in [0, 0.05) is 6.61 Å². The van der Waals surface area contributed by atoms with Crippen LogP contribution in [0.1, 0.15) is 26.7 Å². The Bertz CT molecular complexity index is 100. The Balaban J connectivity index is 2.86. The van der Waals surface area contributed by atoms with Crippen molar-refractivity contribution in [1.82, 2.24) is 0 Å². The minimum absolute atomic E-state index is 0.716. The number of hydrogen-bond donors (Lipinski definition) is 0. The molecule has 0 unspecified atom stereocenters. The molecule has 2 heteroatoms. The first-order valence-corrected chi connectivity index (χ1v) is 4.72. The summed E-state index contributed by atoms with van der Waals surface area (Å²) in [5.74, 6) is 0. The van der Waals surface area contributed by atoms with Crippen LogP contribution >= 0.6 is 0 Å². The minimum Gasteiger partial charge on any atom is -0.379 e. The highest BCUT2D eigenvalue weighted by atomic mass is 16.5. The Morgan fingerprint density at radius 3 is 2.33 bits per heavy atom. The minimum atomic E-state index is 0.716. The lowest BCUT2D eigenvalue weighted by Crippen LogP contribution is -2.04. The van der Waals surface area contributed by atoms with E-state index in [1.807, 2.05) is 6.92 Å². The molecule has 0 spiro atoms. The van der Waals surface area contributed by atoms with Gasteiger partial charge in [0.1, 0.15) is 0 Å². The first-order chi connectivity index (χ1) is 5.91. The zero-order chi connectivity index (χ0) is 9.07. The first kappa shape index (κ1) is 11.7. The van der Waals surface area contributed by atoms with Crippen LogP contribution in [0, 0.1) is 0 Å². The predicted molar refractivity (Wildman–Crippen MR) is 51.4 cm³/mol. The maximum atomic E-state index is 5.31. The van der Waals surface area contributed by atoms with E-state index < -0.39 is 0 Å². The van der Waals surface area contributed by atoms with Crippen molar-refractivity contribution >= 4 is 0 Å². The Morgan fingerprint density at radius 2 is 1.67 bits per heavy atom. The summed E-state index contributed by atoms with van der Waals surface area (Å²) < 4.78 is 10.4. The number of rotatable bonds is 8. The number of hydrogen-bond acceptors (Lipinski definition) is 2. The molecular formula is C10H20O2. The van der Waals surface area contributed by atoms with Gasteiger partial charge in [0.25, 0.3) is 0 Å². The second-order valence-electron chi connectivity index (χ2n) is 2.48. The third kappa shape index (κ3) is 9.66. The van der Waals surface area contributed by atoms with E-state index in [1.54, 1.807) is 0 Å². The molecule has 0 aliphatic heterocycles. The van der Waals surface area contributed by atoms with E-state index in [0.29, 0.717) is 13.2 Å². The van der Waals surface area contributed by atoms with E-state index in [2.05, 4.69) is 19.1 Å². The second-order valence-corrected chi connectivity index (χ2v) is 2.48. The smallest absolute Gasteiger partial charge is 0.0700 e. The van der Waals surface area contributed by atoms with E-state index in [9.17, 15) is 0 Å². The van der Waals surface area contributed by atoms with Crippen molar-refractivity contribution < 1.29 is 9.47 Å². The molecule has 2 nitrogen and oxygen atoms in total. The lowest BCUT2D eigenvalue weighted by molar-refractivity contribution is 0.0547. The van der Waals surface area contributed by atoms with Gasteiger partial charge in [-0.3, -0.25) is 0 Å². The summed E-state index contributed by atoms with van der Waals surface area (Å²) in [7, 11) is 0. The highest BCUT2D eigenvalue weighted by molar-refractivity contribution is 4.79. The third-order valence-corrected chi connectivity index (χ3v) is 1.41. The van der Waals surface area contributed by atoms with Crippen molar-refractivity contribution in [3.05, 3.63) is 12.2 Å². The van der Waals surface area contributed by atoms with Crippen LogP contribution in [0.15, 0.2) is 12.2 Å². The van der Waals surface area contributed by atoms with Crippen LogP contribution < -0.4 is 0 Å². The van der Waals surface area contributed by atoms with Crippen LogP contribution in [0.2, 0.25) is 0 Å². The average Bonchev–Trinajstić information content (AvgIpc) is 2.10. The summed E-state index contributed by atoms with van der Waals surface area (Å²) in [6.45, 7) is 7.14. The van der Waals surface area contributed by atoms with E-state index >= 15 is 0 Å². The van der Waals surface area contributed by atoms with Gasteiger partial charge in [-0.2, -0.15) is 0 Å². The van der Waals surface area contributed by atoms with Gasteiger partial charge in [0.2, 0.25) is 0 Å². The Kier molecular flexibility index (Phi) is 10.4. The van der Waals surface area contributed by atoms with Crippen molar-refractivity contribution in [2.75, 3.05) is 26.4 Å². The van der Waals surface area contributed by atoms with Crippen LogP contribution in [-0.2, 0) is 9.47 Å². The summed E-state index contributed by atoms with van der Waals surface area (Å²) in [5, 5.41) is 0. The lowest BCUT2D eigenvalue weighted by atomic mass is 10.3. The monoisotopic (exact) mass is 172 g/mol. The lowest BCUT2D eigenvalue weighted by Gasteiger charge is -2.01. The van der Waals surface area contributed by atoms with Gasteiger partial charge in [-0.15, -0.1) is 0 Å². The van der Waals surface area contributed by atoms with E-state index in [0.717, 1.165) is 26.1 Å². The molecule has 0 saturated carbocycles.